The molecule has 0 saturated carbocycles. The molecule has 0 amide bonds. The topological polar surface area (TPSA) is 35.5 Å². The molecule has 25 heavy (non-hydrogen) atoms. The average molecular weight is 348 g/mol. The molecule has 0 atom stereocenters. The third kappa shape index (κ3) is 3.84. The van der Waals surface area contributed by atoms with Gasteiger partial charge >= 0.3 is 6.18 Å². The summed E-state index contributed by atoms with van der Waals surface area (Å²) in [5.41, 5.74) is 1.17. The Morgan fingerprint density at radius 1 is 1.20 bits per heavy atom. The van der Waals surface area contributed by atoms with Gasteiger partial charge in [-0.1, -0.05) is 17.7 Å². The molecule has 0 aromatic heterocycles. The van der Waals surface area contributed by atoms with Gasteiger partial charge in [0.1, 0.15) is 31.0 Å². The van der Waals surface area contributed by atoms with E-state index in [4.69, 9.17) is 9.47 Å². The molecule has 0 bridgehead atoms. The molecule has 0 aliphatic carbocycles. The van der Waals surface area contributed by atoms with Gasteiger partial charge in [0.05, 0.1) is 5.56 Å². The molecule has 3 nitrogen and oxygen atoms in total. The Morgan fingerprint density at radius 3 is 2.72 bits per heavy atom. The smallest absolute Gasteiger partial charge is 0.416 e. The Labute approximate surface area is 142 Å². The average Bonchev–Trinajstić information content (AvgIpc) is 2.59. The number of alkyl halides is 3. The maximum absolute atomic E-state index is 13.1. The Balaban J connectivity index is 1.79. The summed E-state index contributed by atoms with van der Waals surface area (Å²) >= 11 is 0. The number of fused-ring (bicyclic) bond motifs is 1. The van der Waals surface area contributed by atoms with Gasteiger partial charge in [-0.3, -0.25) is 4.79 Å². The van der Waals surface area contributed by atoms with Crippen molar-refractivity contribution in [3.63, 3.8) is 0 Å². The third-order valence-electron chi connectivity index (χ3n) is 3.84. The lowest BCUT2D eigenvalue weighted by atomic mass is 10.0. The summed E-state index contributed by atoms with van der Waals surface area (Å²) < 4.78 is 50.4. The standard InChI is InChI=1S/C19H15F3O3/c1-12-2-3-15(17(6-12)19(20,21)22)11-24-16-5-4-14-7-13(9-23)10-25-18(14)8-16/h2-9H,10-11H2,1H3. The fourth-order valence-corrected chi connectivity index (χ4v) is 2.56. The van der Waals surface area contributed by atoms with Crippen LogP contribution in [0.5, 0.6) is 11.5 Å². The molecular weight excluding hydrogens is 333 g/mol. The highest BCUT2D eigenvalue weighted by Gasteiger charge is 2.33. The van der Waals surface area contributed by atoms with Gasteiger partial charge in [0, 0.05) is 22.8 Å². The largest absolute Gasteiger partial charge is 0.489 e. The van der Waals surface area contributed by atoms with Crippen molar-refractivity contribution in [3.05, 3.63) is 64.2 Å². The second-order valence-corrected chi connectivity index (χ2v) is 5.77. The molecular formula is C19H15F3O3. The minimum atomic E-state index is -4.43. The highest BCUT2D eigenvalue weighted by molar-refractivity contribution is 5.84. The van der Waals surface area contributed by atoms with E-state index < -0.39 is 11.7 Å². The number of ether oxygens (including phenoxy) is 2. The van der Waals surface area contributed by atoms with Crippen molar-refractivity contribution in [1.82, 2.24) is 0 Å². The maximum Gasteiger partial charge on any atom is 0.416 e. The number of benzene rings is 2. The van der Waals surface area contributed by atoms with Crippen molar-refractivity contribution < 1.29 is 27.4 Å². The molecule has 0 spiro atoms. The summed E-state index contributed by atoms with van der Waals surface area (Å²) in [6.07, 6.45) is -2.00. The van der Waals surface area contributed by atoms with E-state index in [-0.39, 0.29) is 18.8 Å². The monoisotopic (exact) mass is 348 g/mol. The fraction of sp³-hybridized carbons (Fsp3) is 0.211. The Morgan fingerprint density at radius 2 is 2.00 bits per heavy atom. The van der Waals surface area contributed by atoms with Gasteiger partial charge in [-0.05, 0) is 31.2 Å². The Hall–Kier alpha value is -2.76. The van der Waals surface area contributed by atoms with E-state index in [1.807, 2.05) is 0 Å². The molecule has 2 aromatic carbocycles. The lowest BCUT2D eigenvalue weighted by molar-refractivity contribution is -0.138. The van der Waals surface area contributed by atoms with Crippen LogP contribution in [-0.2, 0) is 17.6 Å². The third-order valence-corrected chi connectivity index (χ3v) is 3.84. The summed E-state index contributed by atoms with van der Waals surface area (Å²) in [5.74, 6) is 0.929. The van der Waals surface area contributed by atoms with Crippen molar-refractivity contribution in [1.29, 1.82) is 0 Å². The zero-order valence-electron chi connectivity index (χ0n) is 13.4. The SMILES string of the molecule is Cc1ccc(COc2ccc3c(c2)OCC(C=O)=C3)c(C(F)(F)F)c1. The van der Waals surface area contributed by atoms with Gasteiger partial charge in [0.15, 0.2) is 0 Å². The number of hydrogen-bond donors (Lipinski definition) is 0. The minimum absolute atomic E-state index is 0.0693. The number of aryl methyl sites for hydroxylation is 1. The fourth-order valence-electron chi connectivity index (χ4n) is 2.56. The van der Waals surface area contributed by atoms with E-state index >= 15 is 0 Å². The summed E-state index contributed by atoms with van der Waals surface area (Å²) in [6.45, 7) is 1.57. The maximum atomic E-state index is 13.1. The molecule has 2 aromatic rings. The van der Waals surface area contributed by atoms with Crippen LogP contribution in [0.25, 0.3) is 6.08 Å². The summed E-state index contributed by atoms with van der Waals surface area (Å²) in [6, 6.07) is 9.10. The number of rotatable bonds is 4. The quantitative estimate of drug-likeness (QED) is 0.760. The first kappa shape index (κ1) is 17.1. The number of carbonyl (C=O) groups is 1. The van der Waals surface area contributed by atoms with Gasteiger partial charge in [-0.15, -0.1) is 0 Å². The second kappa shape index (κ2) is 6.63. The minimum Gasteiger partial charge on any atom is -0.489 e. The lowest BCUT2D eigenvalue weighted by Crippen LogP contribution is -2.11. The first-order chi connectivity index (χ1) is 11.9. The van der Waals surface area contributed by atoms with Crippen molar-refractivity contribution in [2.75, 3.05) is 6.61 Å². The van der Waals surface area contributed by atoms with Gasteiger partial charge in [0.25, 0.3) is 0 Å². The van der Waals surface area contributed by atoms with E-state index in [0.717, 1.165) is 17.9 Å². The van der Waals surface area contributed by atoms with Crippen LogP contribution in [-0.4, -0.2) is 12.9 Å². The van der Waals surface area contributed by atoms with Crippen LogP contribution in [0.2, 0.25) is 0 Å². The van der Waals surface area contributed by atoms with Crippen molar-refractivity contribution in [2.24, 2.45) is 0 Å². The van der Waals surface area contributed by atoms with Gasteiger partial charge in [-0.25, -0.2) is 0 Å². The van der Waals surface area contributed by atoms with Crippen LogP contribution in [0.15, 0.2) is 42.0 Å². The van der Waals surface area contributed by atoms with Crippen LogP contribution < -0.4 is 9.47 Å². The molecule has 0 N–H and O–H groups in total. The van der Waals surface area contributed by atoms with Crippen LogP contribution >= 0.6 is 0 Å². The Kier molecular flexibility index (Phi) is 4.53. The summed E-state index contributed by atoms with van der Waals surface area (Å²) in [7, 11) is 0. The highest BCUT2D eigenvalue weighted by Crippen LogP contribution is 2.34. The van der Waals surface area contributed by atoms with Crippen LogP contribution in [0.1, 0.15) is 22.3 Å². The molecule has 0 radical (unpaired) electrons. The highest BCUT2D eigenvalue weighted by atomic mass is 19.4. The number of aldehydes is 1. The first-order valence-corrected chi connectivity index (χ1v) is 7.59. The summed E-state index contributed by atoms with van der Waals surface area (Å²) in [4.78, 5) is 10.8. The summed E-state index contributed by atoms with van der Waals surface area (Å²) in [5, 5.41) is 0. The lowest BCUT2D eigenvalue weighted by Gasteiger charge is -2.17. The van der Waals surface area contributed by atoms with E-state index in [2.05, 4.69) is 0 Å². The van der Waals surface area contributed by atoms with E-state index in [9.17, 15) is 18.0 Å². The van der Waals surface area contributed by atoms with Crippen molar-refractivity contribution >= 4 is 12.4 Å². The van der Waals surface area contributed by atoms with Crippen LogP contribution in [0, 0.1) is 6.92 Å². The number of hydrogen-bond acceptors (Lipinski definition) is 3. The molecule has 1 aliphatic rings. The molecule has 1 aliphatic heterocycles. The molecule has 0 unspecified atom stereocenters. The molecule has 0 fully saturated rings. The van der Waals surface area contributed by atoms with E-state index in [0.29, 0.717) is 22.6 Å². The predicted octanol–water partition coefficient (Wildman–Crippen LogP) is 4.57. The first-order valence-electron chi connectivity index (χ1n) is 7.59. The van der Waals surface area contributed by atoms with Crippen molar-refractivity contribution in [2.45, 2.75) is 19.7 Å². The van der Waals surface area contributed by atoms with E-state index in [1.54, 1.807) is 37.3 Å². The molecule has 6 heteroatoms. The van der Waals surface area contributed by atoms with Gasteiger partial charge in [0.2, 0.25) is 0 Å². The van der Waals surface area contributed by atoms with Crippen LogP contribution in [0.3, 0.4) is 0 Å². The molecule has 1 heterocycles. The number of halogens is 3. The van der Waals surface area contributed by atoms with Crippen molar-refractivity contribution in [3.8, 4) is 11.5 Å². The van der Waals surface area contributed by atoms with Crippen LogP contribution in [0.4, 0.5) is 13.2 Å². The van der Waals surface area contributed by atoms with Gasteiger partial charge < -0.3 is 9.47 Å². The Bertz CT molecular complexity index is 838. The zero-order valence-corrected chi connectivity index (χ0v) is 13.4. The molecule has 3 rings (SSSR count). The normalized spacial score (nSPS) is 13.5. The second-order valence-electron chi connectivity index (χ2n) is 5.77. The van der Waals surface area contributed by atoms with E-state index in [1.165, 1.54) is 6.07 Å². The molecule has 0 saturated heterocycles. The molecule has 130 valence electrons. The zero-order chi connectivity index (χ0) is 18.0. The van der Waals surface area contributed by atoms with Gasteiger partial charge in [-0.2, -0.15) is 13.2 Å². The predicted molar refractivity (Wildman–Crippen MR) is 86.5 cm³/mol. The number of carbonyl (C=O) groups excluding carboxylic acids is 1.